The van der Waals surface area contributed by atoms with E-state index in [4.69, 9.17) is 0 Å². The summed E-state index contributed by atoms with van der Waals surface area (Å²) in [5.74, 6) is 0.853. The Morgan fingerprint density at radius 1 is 1.29 bits per heavy atom. The van der Waals surface area contributed by atoms with Gasteiger partial charge in [0.15, 0.2) is 0 Å². The number of anilines is 2. The van der Waals surface area contributed by atoms with Crippen LogP contribution in [-0.4, -0.2) is 9.55 Å². The van der Waals surface area contributed by atoms with Gasteiger partial charge in [-0.15, -0.1) is 0 Å². The Morgan fingerprint density at radius 2 is 2.00 bits per heavy atom. The quantitative estimate of drug-likeness (QED) is 0.864. The molecule has 0 atom stereocenters. The van der Waals surface area contributed by atoms with Crippen LogP contribution >= 0.6 is 22.6 Å². The maximum Gasteiger partial charge on any atom is 0.207 e. The van der Waals surface area contributed by atoms with Gasteiger partial charge in [-0.25, -0.2) is 4.98 Å². The number of hydrogen-bond donors (Lipinski definition) is 1. The van der Waals surface area contributed by atoms with E-state index in [-0.39, 0.29) is 0 Å². The molecule has 0 fully saturated rings. The van der Waals surface area contributed by atoms with Crippen LogP contribution in [0.2, 0.25) is 0 Å². The zero-order valence-corrected chi connectivity index (χ0v) is 9.89. The number of benzene rings is 1. The molecule has 0 amide bonds. The van der Waals surface area contributed by atoms with Gasteiger partial charge >= 0.3 is 0 Å². The minimum atomic E-state index is 0.853. The topological polar surface area (TPSA) is 29.9 Å². The molecule has 0 saturated heterocycles. The minimum Gasteiger partial charge on any atom is -0.326 e. The largest absolute Gasteiger partial charge is 0.326 e. The van der Waals surface area contributed by atoms with Crippen molar-refractivity contribution >= 4 is 34.2 Å². The van der Waals surface area contributed by atoms with Crippen LogP contribution in [0.5, 0.6) is 0 Å². The number of aryl methyl sites for hydroxylation is 1. The van der Waals surface area contributed by atoms with E-state index < -0.39 is 0 Å². The van der Waals surface area contributed by atoms with Gasteiger partial charge in [0.1, 0.15) is 0 Å². The molecule has 0 saturated carbocycles. The summed E-state index contributed by atoms with van der Waals surface area (Å²) in [6.07, 6.45) is 3.68. The van der Waals surface area contributed by atoms with Crippen LogP contribution in [0.3, 0.4) is 0 Å². The van der Waals surface area contributed by atoms with E-state index in [0.29, 0.717) is 0 Å². The fourth-order valence-corrected chi connectivity index (χ4v) is 1.51. The van der Waals surface area contributed by atoms with Crippen molar-refractivity contribution in [1.29, 1.82) is 0 Å². The van der Waals surface area contributed by atoms with E-state index in [2.05, 4.69) is 45.0 Å². The van der Waals surface area contributed by atoms with Crippen molar-refractivity contribution in [1.82, 2.24) is 9.55 Å². The van der Waals surface area contributed by atoms with Crippen LogP contribution in [0.1, 0.15) is 0 Å². The molecule has 1 aromatic heterocycles. The standard InChI is InChI=1S/C10H10IN3/c1-14-7-6-12-10(14)13-9-4-2-8(11)3-5-9/h2-7H,1H3,(H,12,13). The molecule has 0 radical (unpaired) electrons. The summed E-state index contributed by atoms with van der Waals surface area (Å²) in [7, 11) is 1.96. The maximum absolute atomic E-state index is 4.18. The van der Waals surface area contributed by atoms with E-state index in [1.165, 1.54) is 3.57 Å². The molecule has 0 spiro atoms. The SMILES string of the molecule is Cn1ccnc1Nc1ccc(I)cc1. The second-order valence-electron chi connectivity index (χ2n) is 2.99. The first-order valence-electron chi connectivity index (χ1n) is 4.25. The third-order valence-electron chi connectivity index (χ3n) is 1.92. The highest BCUT2D eigenvalue weighted by Crippen LogP contribution is 2.15. The third kappa shape index (κ3) is 2.06. The Bertz CT molecular complexity index is 419. The van der Waals surface area contributed by atoms with Crippen molar-refractivity contribution in [2.75, 3.05) is 5.32 Å². The van der Waals surface area contributed by atoms with Crippen LogP contribution in [0.15, 0.2) is 36.7 Å². The summed E-state index contributed by atoms with van der Waals surface area (Å²) in [5.41, 5.74) is 1.06. The van der Waals surface area contributed by atoms with E-state index in [1.54, 1.807) is 6.20 Å². The lowest BCUT2D eigenvalue weighted by Crippen LogP contribution is -1.98. The van der Waals surface area contributed by atoms with Crippen LogP contribution in [0.25, 0.3) is 0 Å². The fraction of sp³-hybridized carbons (Fsp3) is 0.100. The summed E-state index contributed by atoms with van der Waals surface area (Å²) >= 11 is 2.28. The van der Waals surface area contributed by atoms with Crippen molar-refractivity contribution in [3.05, 3.63) is 40.2 Å². The van der Waals surface area contributed by atoms with Gasteiger partial charge in [-0.1, -0.05) is 0 Å². The molecule has 0 aliphatic rings. The number of halogens is 1. The zero-order valence-electron chi connectivity index (χ0n) is 7.74. The number of aromatic nitrogens is 2. The fourth-order valence-electron chi connectivity index (χ4n) is 1.15. The smallest absolute Gasteiger partial charge is 0.207 e. The average molecular weight is 299 g/mol. The molecule has 0 aliphatic carbocycles. The van der Waals surface area contributed by atoms with Crippen molar-refractivity contribution in [3.8, 4) is 0 Å². The molecule has 3 nitrogen and oxygen atoms in total. The molecule has 2 rings (SSSR count). The molecular weight excluding hydrogens is 289 g/mol. The van der Waals surface area contributed by atoms with Crippen LogP contribution in [-0.2, 0) is 7.05 Å². The number of nitrogens with zero attached hydrogens (tertiary/aromatic N) is 2. The van der Waals surface area contributed by atoms with Gasteiger partial charge in [-0.3, -0.25) is 0 Å². The lowest BCUT2D eigenvalue weighted by atomic mass is 10.3. The molecule has 4 heteroatoms. The predicted octanol–water partition coefficient (Wildman–Crippen LogP) is 2.77. The Kier molecular flexibility index (Phi) is 2.72. The van der Waals surface area contributed by atoms with E-state index in [0.717, 1.165) is 11.6 Å². The van der Waals surface area contributed by atoms with Crippen molar-refractivity contribution in [2.24, 2.45) is 7.05 Å². The van der Waals surface area contributed by atoms with Gasteiger partial charge in [-0.05, 0) is 46.9 Å². The Labute approximate surface area is 96.3 Å². The van der Waals surface area contributed by atoms with Gasteiger partial charge in [0, 0.05) is 28.7 Å². The van der Waals surface area contributed by atoms with Crippen LogP contribution < -0.4 is 5.32 Å². The zero-order chi connectivity index (χ0) is 9.97. The summed E-state index contributed by atoms with van der Waals surface area (Å²) in [5, 5.41) is 3.23. The third-order valence-corrected chi connectivity index (χ3v) is 2.64. The highest BCUT2D eigenvalue weighted by molar-refractivity contribution is 14.1. The summed E-state index contributed by atoms with van der Waals surface area (Å²) in [6, 6.07) is 8.20. The first-order chi connectivity index (χ1) is 6.75. The number of nitrogens with one attached hydrogen (secondary N) is 1. The van der Waals surface area contributed by atoms with E-state index in [1.807, 2.05) is 29.9 Å². The van der Waals surface area contributed by atoms with Crippen molar-refractivity contribution < 1.29 is 0 Å². The van der Waals surface area contributed by atoms with Gasteiger partial charge < -0.3 is 9.88 Å². The Balaban J connectivity index is 2.19. The molecule has 72 valence electrons. The molecule has 0 unspecified atom stereocenters. The number of imidazole rings is 1. The van der Waals surface area contributed by atoms with Crippen molar-refractivity contribution in [3.63, 3.8) is 0 Å². The highest BCUT2D eigenvalue weighted by Gasteiger charge is 1.98. The highest BCUT2D eigenvalue weighted by atomic mass is 127. The van der Waals surface area contributed by atoms with Gasteiger partial charge in [0.05, 0.1) is 0 Å². The number of hydrogen-bond acceptors (Lipinski definition) is 2. The molecule has 1 heterocycles. The summed E-state index contributed by atoms with van der Waals surface area (Å²) < 4.78 is 3.17. The molecule has 1 N–H and O–H groups in total. The number of rotatable bonds is 2. The lowest BCUT2D eigenvalue weighted by molar-refractivity contribution is 0.924. The second-order valence-corrected chi connectivity index (χ2v) is 4.24. The van der Waals surface area contributed by atoms with Crippen LogP contribution in [0.4, 0.5) is 11.6 Å². The normalized spacial score (nSPS) is 10.1. The average Bonchev–Trinajstić information content (AvgIpc) is 2.56. The molecule has 0 bridgehead atoms. The predicted molar refractivity (Wildman–Crippen MR) is 65.6 cm³/mol. The minimum absolute atomic E-state index is 0.853. The van der Waals surface area contributed by atoms with Gasteiger partial charge in [0.2, 0.25) is 5.95 Å². The monoisotopic (exact) mass is 299 g/mol. The Morgan fingerprint density at radius 3 is 2.57 bits per heavy atom. The lowest BCUT2D eigenvalue weighted by Gasteiger charge is -2.05. The molecule has 2 aromatic rings. The molecular formula is C10H10IN3. The Hall–Kier alpha value is -1.04. The first kappa shape index (κ1) is 9.51. The summed E-state index contributed by atoms with van der Waals surface area (Å²) in [4.78, 5) is 4.18. The molecule has 0 aliphatic heterocycles. The second kappa shape index (κ2) is 4.00. The molecule has 14 heavy (non-hydrogen) atoms. The first-order valence-corrected chi connectivity index (χ1v) is 5.33. The van der Waals surface area contributed by atoms with Gasteiger partial charge in [0.25, 0.3) is 0 Å². The van der Waals surface area contributed by atoms with Crippen molar-refractivity contribution in [2.45, 2.75) is 0 Å². The van der Waals surface area contributed by atoms with Gasteiger partial charge in [-0.2, -0.15) is 0 Å². The summed E-state index contributed by atoms with van der Waals surface area (Å²) in [6.45, 7) is 0. The molecule has 1 aromatic carbocycles. The van der Waals surface area contributed by atoms with E-state index in [9.17, 15) is 0 Å². The van der Waals surface area contributed by atoms with E-state index >= 15 is 0 Å². The maximum atomic E-state index is 4.18. The van der Waals surface area contributed by atoms with Crippen LogP contribution in [0, 0.1) is 3.57 Å².